The fourth-order valence-electron chi connectivity index (χ4n) is 6.06. The molecule has 0 saturated carbocycles. The summed E-state index contributed by atoms with van der Waals surface area (Å²) in [5, 5.41) is 15.6. The zero-order chi connectivity index (χ0) is 31.0. The summed E-state index contributed by atoms with van der Waals surface area (Å²) in [5.74, 6) is 0.109. The van der Waals surface area contributed by atoms with Crippen LogP contribution in [0.25, 0.3) is 22.3 Å². The number of methoxy groups -OCH3 is 1. The van der Waals surface area contributed by atoms with Crippen molar-refractivity contribution in [1.29, 1.82) is 0 Å². The first-order valence-corrected chi connectivity index (χ1v) is 14.5. The molecule has 10 nitrogen and oxygen atoms in total. The number of Topliss-reactive ketones (excluding diaryl/α,β-unsaturated/α-hetero) is 1. The smallest absolute Gasteiger partial charge is 0.545 e. The van der Waals surface area contributed by atoms with Crippen LogP contribution >= 0.6 is 0 Å². The van der Waals surface area contributed by atoms with Crippen molar-refractivity contribution >= 4 is 17.7 Å². The summed E-state index contributed by atoms with van der Waals surface area (Å²) < 4.78 is 19.8. The van der Waals surface area contributed by atoms with E-state index in [4.69, 9.17) is 14.2 Å². The molecule has 0 radical (unpaired) electrons. The minimum absolute atomic E-state index is 0. The van der Waals surface area contributed by atoms with E-state index >= 15 is 0 Å². The van der Waals surface area contributed by atoms with E-state index in [1.54, 1.807) is 59.3 Å². The van der Waals surface area contributed by atoms with E-state index in [-0.39, 0.29) is 53.2 Å². The molecule has 2 aliphatic rings. The zero-order valence-corrected chi connectivity index (χ0v) is 27.8. The second-order valence-electron chi connectivity index (χ2n) is 11.1. The van der Waals surface area contributed by atoms with Gasteiger partial charge in [0.2, 0.25) is 0 Å². The summed E-state index contributed by atoms with van der Waals surface area (Å²) in [6.07, 6.45) is 4.80. The molecule has 45 heavy (non-hydrogen) atoms. The molecular formula is C34H32N3NaO7. The Labute approximate surface area is 283 Å². The summed E-state index contributed by atoms with van der Waals surface area (Å²) in [6, 6.07) is 15.2. The number of ether oxygens (including phenoxy) is 3. The first-order chi connectivity index (χ1) is 21.2. The number of carboxylic acids is 1. The summed E-state index contributed by atoms with van der Waals surface area (Å²) in [5.41, 5.74) is 3.24. The zero-order valence-electron chi connectivity index (χ0n) is 25.8. The molecule has 0 aliphatic carbocycles. The molecule has 1 fully saturated rings. The predicted octanol–water partition coefficient (Wildman–Crippen LogP) is 1.17. The Kier molecular flexibility index (Phi) is 9.38. The maximum Gasteiger partial charge on any atom is 1.00 e. The largest absolute Gasteiger partial charge is 1.00 e. The van der Waals surface area contributed by atoms with Crippen LogP contribution in [0.4, 0.5) is 0 Å². The van der Waals surface area contributed by atoms with Gasteiger partial charge in [-0.1, -0.05) is 24.3 Å². The van der Waals surface area contributed by atoms with Gasteiger partial charge in [0.25, 0.3) is 5.91 Å². The van der Waals surface area contributed by atoms with Crippen LogP contribution in [0.15, 0.2) is 67.0 Å². The maximum absolute atomic E-state index is 13.7. The topological polar surface area (TPSA) is 123 Å². The van der Waals surface area contributed by atoms with Crippen molar-refractivity contribution in [2.45, 2.75) is 31.8 Å². The van der Waals surface area contributed by atoms with Crippen LogP contribution in [0.3, 0.4) is 0 Å². The number of rotatable bonds is 7. The molecular weight excluding hydrogens is 585 g/mol. The number of likely N-dealkylation sites (tertiary alicyclic amines) is 1. The first kappa shape index (κ1) is 32.3. The molecule has 2 aliphatic heterocycles. The number of amides is 1. The summed E-state index contributed by atoms with van der Waals surface area (Å²) in [4.78, 5) is 40.1. The van der Waals surface area contributed by atoms with Crippen LogP contribution < -0.4 is 48.9 Å². The number of ketones is 1. The SMILES string of the molecule is CCOc1cc(C(=O)N2CCC3(CC2)CC(=O)c2cc(-c4cccc(C(=O)[O-])c4)ccc2O3)cc(OC)c1-c1cnn(C)c1.[Na+]. The van der Waals surface area contributed by atoms with E-state index in [9.17, 15) is 19.5 Å². The molecule has 1 spiro atoms. The number of carbonyl (C=O) groups excluding carboxylic acids is 3. The van der Waals surface area contributed by atoms with E-state index < -0.39 is 11.6 Å². The van der Waals surface area contributed by atoms with Gasteiger partial charge in [0, 0.05) is 50.3 Å². The number of aromatic nitrogens is 2. The van der Waals surface area contributed by atoms with Crippen LogP contribution in [-0.4, -0.2) is 64.7 Å². The molecule has 226 valence electrons. The van der Waals surface area contributed by atoms with E-state index in [2.05, 4.69) is 5.10 Å². The second-order valence-corrected chi connectivity index (χ2v) is 11.1. The van der Waals surface area contributed by atoms with Crippen LogP contribution in [0.5, 0.6) is 17.2 Å². The van der Waals surface area contributed by atoms with Gasteiger partial charge < -0.3 is 29.0 Å². The number of carboxylic acid groups (broad SMARTS) is 1. The van der Waals surface area contributed by atoms with Crippen LogP contribution in [-0.2, 0) is 7.05 Å². The number of hydrogen-bond acceptors (Lipinski definition) is 8. The Balaban J connectivity index is 0.00000400. The van der Waals surface area contributed by atoms with Gasteiger partial charge in [-0.2, -0.15) is 5.10 Å². The normalized spacial score (nSPS) is 15.1. The van der Waals surface area contributed by atoms with Crippen LogP contribution in [0.1, 0.15) is 57.3 Å². The van der Waals surface area contributed by atoms with Gasteiger partial charge in [0.05, 0.1) is 43.4 Å². The van der Waals surface area contributed by atoms with Crippen molar-refractivity contribution in [2.75, 3.05) is 26.8 Å². The average Bonchev–Trinajstić information content (AvgIpc) is 3.46. The van der Waals surface area contributed by atoms with Crippen molar-refractivity contribution in [1.82, 2.24) is 14.7 Å². The monoisotopic (exact) mass is 617 g/mol. The maximum atomic E-state index is 13.7. The van der Waals surface area contributed by atoms with Gasteiger partial charge in [-0.15, -0.1) is 0 Å². The molecule has 6 rings (SSSR count). The predicted molar refractivity (Wildman–Crippen MR) is 160 cm³/mol. The van der Waals surface area contributed by atoms with Gasteiger partial charge in [-0.3, -0.25) is 14.3 Å². The first-order valence-electron chi connectivity index (χ1n) is 14.5. The van der Waals surface area contributed by atoms with Crippen molar-refractivity contribution in [3.63, 3.8) is 0 Å². The summed E-state index contributed by atoms with van der Waals surface area (Å²) >= 11 is 0. The van der Waals surface area contributed by atoms with Crippen LogP contribution in [0, 0.1) is 0 Å². The Morgan fingerprint density at radius 2 is 1.73 bits per heavy atom. The van der Waals surface area contributed by atoms with E-state index in [0.29, 0.717) is 66.5 Å². The molecule has 1 aromatic heterocycles. The molecule has 3 heterocycles. The Bertz CT molecular complexity index is 1780. The fourth-order valence-corrected chi connectivity index (χ4v) is 6.06. The minimum atomic E-state index is -1.26. The van der Waals surface area contributed by atoms with Crippen molar-refractivity contribution < 1.29 is 63.3 Å². The molecule has 1 saturated heterocycles. The van der Waals surface area contributed by atoms with Gasteiger partial charge in [0.15, 0.2) is 5.78 Å². The van der Waals surface area contributed by atoms with E-state index in [1.807, 2.05) is 26.2 Å². The fraction of sp³-hybridized carbons (Fsp3) is 0.294. The van der Waals surface area contributed by atoms with Gasteiger partial charge in [0.1, 0.15) is 22.8 Å². The van der Waals surface area contributed by atoms with Crippen LogP contribution in [0.2, 0.25) is 0 Å². The second kappa shape index (κ2) is 13.1. The number of piperidine rings is 1. The summed E-state index contributed by atoms with van der Waals surface area (Å²) in [7, 11) is 3.39. The Hall–Kier alpha value is -4.12. The molecule has 4 aromatic rings. The van der Waals surface area contributed by atoms with Gasteiger partial charge in [-0.05, 0) is 53.9 Å². The Morgan fingerprint density at radius 1 is 1.00 bits per heavy atom. The van der Waals surface area contributed by atoms with Crippen molar-refractivity contribution in [2.24, 2.45) is 7.05 Å². The van der Waals surface area contributed by atoms with Gasteiger partial charge in [-0.25, -0.2) is 0 Å². The van der Waals surface area contributed by atoms with Crippen molar-refractivity contribution in [3.05, 3.63) is 83.7 Å². The number of nitrogens with zero attached hydrogens (tertiary/aromatic N) is 3. The quantitative estimate of drug-likeness (QED) is 0.284. The standard InChI is InChI=1S/C34H33N3O7.Na/c1-4-43-30-17-24(16-29(42-3)31(30)25-19-35-36(2)20-25)32(39)37-12-10-34(11-13-37)18-27(38)26-15-22(8-9-28(26)44-34)21-6-5-7-23(14-21)33(40)41;/h5-9,14-17,19-20H,4,10-13,18H2,1-3H3,(H,40,41);/q;+1/p-1. The number of aromatic carboxylic acids is 1. The molecule has 0 N–H and O–H groups in total. The van der Waals surface area contributed by atoms with E-state index in [0.717, 1.165) is 16.7 Å². The number of aryl methyl sites for hydroxylation is 1. The minimum Gasteiger partial charge on any atom is -0.545 e. The third-order valence-corrected chi connectivity index (χ3v) is 8.31. The molecule has 11 heteroatoms. The Morgan fingerprint density at radius 3 is 2.40 bits per heavy atom. The summed E-state index contributed by atoms with van der Waals surface area (Å²) in [6.45, 7) is 3.15. The molecule has 0 unspecified atom stereocenters. The number of hydrogen-bond donors (Lipinski definition) is 0. The van der Waals surface area contributed by atoms with Crippen molar-refractivity contribution in [3.8, 4) is 39.5 Å². The number of carbonyl (C=O) groups is 3. The molecule has 0 bridgehead atoms. The van der Waals surface area contributed by atoms with Gasteiger partial charge >= 0.3 is 29.6 Å². The van der Waals surface area contributed by atoms with E-state index in [1.165, 1.54) is 12.1 Å². The third kappa shape index (κ3) is 6.36. The number of fused-ring (bicyclic) bond motifs is 1. The average molecular weight is 618 g/mol. The number of benzene rings is 3. The molecule has 3 aromatic carbocycles. The third-order valence-electron chi connectivity index (χ3n) is 8.31. The molecule has 0 atom stereocenters. The molecule has 1 amide bonds.